The van der Waals surface area contributed by atoms with Crippen LogP contribution in [0, 0.1) is 6.92 Å². The van der Waals surface area contributed by atoms with Crippen LogP contribution in [-0.4, -0.2) is 38.7 Å². The number of sulfonamides is 1. The first-order valence-corrected chi connectivity index (χ1v) is 10.1. The van der Waals surface area contributed by atoms with Crippen molar-refractivity contribution in [1.82, 2.24) is 4.98 Å². The molecular weight excluding hydrogens is 362 g/mol. The van der Waals surface area contributed by atoms with Crippen molar-refractivity contribution in [2.75, 3.05) is 29.0 Å². The summed E-state index contributed by atoms with van der Waals surface area (Å²) in [6.45, 7) is 5.93. The van der Waals surface area contributed by atoms with Gasteiger partial charge in [-0.3, -0.25) is 9.52 Å². The number of fused-ring (bicyclic) bond motifs is 1. The van der Waals surface area contributed by atoms with Gasteiger partial charge in [0, 0.05) is 17.0 Å². The molecule has 0 saturated heterocycles. The molecule has 0 bridgehead atoms. The summed E-state index contributed by atoms with van der Waals surface area (Å²) in [4.78, 5) is 18.9. The van der Waals surface area contributed by atoms with Crippen LogP contribution in [-0.2, 0) is 14.8 Å². The number of aromatic nitrogens is 1. The molecule has 132 valence electrons. The minimum absolute atomic E-state index is 0.00164. The number of aryl methyl sites for hydroxylation is 1. The standard InChI is InChI=1S/C16H17N3O4S2/c1-4-7-19-12-8-11(5-6-13(12)23-9-14(19)20)15-10(2)24-16(17-15)18-25(3,21)22/h4-6,8H,1,7,9H2,2-3H3,(H,17,18). The number of amides is 1. The van der Waals surface area contributed by atoms with Gasteiger partial charge < -0.3 is 9.64 Å². The molecule has 0 aliphatic carbocycles. The van der Waals surface area contributed by atoms with Crippen molar-refractivity contribution in [2.24, 2.45) is 0 Å². The Kier molecular flexibility index (Phi) is 4.53. The second-order valence-corrected chi connectivity index (χ2v) is 8.51. The Morgan fingerprint density at radius 1 is 1.48 bits per heavy atom. The summed E-state index contributed by atoms with van der Waals surface area (Å²) < 4.78 is 30.6. The number of carbonyl (C=O) groups is 1. The molecule has 0 fully saturated rings. The maximum Gasteiger partial charge on any atom is 0.265 e. The first kappa shape index (κ1) is 17.4. The molecule has 3 rings (SSSR count). The molecule has 0 radical (unpaired) electrons. The van der Waals surface area contributed by atoms with E-state index in [-0.39, 0.29) is 12.5 Å². The number of anilines is 2. The number of ether oxygens (including phenoxy) is 1. The van der Waals surface area contributed by atoms with E-state index < -0.39 is 10.0 Å². The van der Waals surface area contributed by atoms with Gasteiger partial charge in [0.2, 0.25) is 10.0 Å². The highest BCUT2D eigenvalue weighted by Gasteiger charge is 2.25. The molecule has 9 heteroatoms. The van der Waals surface area contributed by atoms with Crippen LogP contribution in [0.1, 0.15) is 4.88 Å². The molecule has 7 nitrogen and oxygen atoms in total. The summed E-state index contributed by atoms with van der Waals surface area (Å²) in [6, 6.07) is 5.45. The number of benzene rings is 1. The Bertz CT molecular complexity index is 950. The number of hydrogen-bond donors (Lipinski definition) is 1. The predicted octanol–water partition coefficient (Wildman–Crippen LogP) is 2.40. The molecule has 1 aromatic heterocycles. The fourth-order valence-electron chi connectivity index (χ4n) is 2.55. The molecule has 0 atom stereocenters. The SMILES string of the molecule is C=CCN1C(=O)COc2ccc(-c3nc(NS(C)(=O)=O)sc3C)cc21. The fourth-order valence-corrected chi connectivity index (χ4v) is 4.22. The first-order chi connectivity index (χ1) is 11.8. The number of thiazole rings is 1. The van der Waals surface area contributed by atoms with Gasteiger partial charge in [0.15, 0.2) is 11.7 Å². The highest BCUT2D eigenvalue weighted by atomic mass is 32.2. The number of carbonyl (C=O) groups excluding carboxylic acids is 1. The topological polar surface area (TPSA) is 88.6 Å². The maximum absolute atomic E-state index is 12.1. The van der Waals surface area contributed by atoms with E-state index >= 15 is 0 Å². The number of nitrogens with one attached hydrogen (secondary N) is 1. The fraction of sp³-hybridized carbons (Fsp3) is 0.250. The van der Waals surface area contributed by atoms with Crippen LogP contribution in [0.15, 0.2) is 30.9 Å². The van der Waals surface area contributed by atoms with Crippen LogP contribution in [0.2, 0.25) is 0 Å². The van der Waals surface area contributed by atoms with E-state index in [0.29, 0.717) is 28.8 Å². The molecule has 0 spiro atoms. The van der Waals surface area contributed by atoms with Crippen LogP contribution in [0.5, 0.6) is 5.75 Å². The third kappa shape index (κ3) is 3.67. The van der Waals surface area contributed by atoms with E-state index in [1.807, 2.05) is 19.1 Å². The minimum atomic E-state index is -3.39. The number of hydrogen-bond acceptors (Lipinski definition) is 6. The normalized spacial score (nSPS) is 14.0. The Labute approximate surface area is 150 Å². The van der Waals surface area contributed by atoms with Crippen LogP contribution in [0.4, 0.5) is 10.8 Å². The van der Waals surface area contributed by atoms with Crippen molar-refractivity contribution >= 4 is 38.1 Å². The van der Waals surface area contributed by atoms with Crippen molar-refractivity contribution in [3.8, 4) is 17.0 Å². The molecule has 0 saturated carbocycles. The lowest BCUT2D eigenvalue weighted by Crippen LogP contribution is -2.38. The van der Waals surface area contributed by atoms with Crippen LogP contribution < -0.4 is 14.4 Å². The maximum atomic E-state index is 12.1. The van der Waals surface area contributed by atoms with Gasteiger partial charge >= 0.3 is 0 Å². The van der Waals surface area contributed by atoms with Gasteiger partial charge in [0.1, 0.15) is 5.75 Å². The van der Waals surface area contributed by atoms with Gasteiger partial charge in [-0.05, 0) is 25.1 Å². The summed E-state index contributed by atoms with van der Waals surface area (Å²) in [5, 5.41) is 0.308. The highest BCUT2D eigenvalue weighted by Crippen LogP contribution is 2.38. The van der Waals surface area contributed by atoms with Crippen LogP contribution in [0.3, 0.4) is 0 Å². The first-order valence-electron chi connectivity index (χ1n) is 7.42. The highest BCUT2D eigenvalue weighted by molar-refractivity contribution is 7.92. The average Bonchev–Trinajstić information content (AvgIpc) is 2.88. The number of nitrogens with zero attached hydrogens (tertiary/aromatic N) is 2. The smallest absolute Gasteiger partial charge is 0.265 e. The second-order valence-electron chi connectivity index (χ2n) is 5.56. The molecule has 1 N–H and O–H groups in total. The molecule has 0 unspecified atom stereocenters. The zero-order valence-electron chi connectivity index (χ0n) is 13.8. The van der Waals surface area contributed by atoms with Crippen LogP contribution in [0.25, 0.3) is 11.3 Å². The Morgan fingerprint density at radius 2 is 2.24 bits per heavy atom. The predicted molar refractivity (Wildman–Crippen MR) is 98.8 cm³/mol. The van der Waals surface area contributed by atoms with Gasteiger partial charge in [-0.2, -0.15) is 0 Å². The molecule has 25 heavy (non-hydrogen) atoms. The lowest BCUT2D eigenvalue weighted by molar-refractivity contribution is -0.121. The Morgan fingerprint density at radius 3 is 2.92 bits per heavy atom. The summed E-state index contributed by atoms with van der Waals surface area (Å²) in [5.74, 6) is 0.478. The molecule has 1 aliphatic heterocycles. The molecule has 2 aromatic rings. The Hall–Kier alpha value is -2.39. The molecule has 1 aliphatic rings. The summed E-state index contributed by atoms with van der Waals surface area (Å²) in [5.41, 5.74) is 2.09. The minimum Gasteiger partial charge on any atom is -0.482 e. The lowest BCUT2D eigenvalue weighted by Gasteiger charge is -2.28. The largest absolute Gasteiger partial charge is 0.482 e. The quantitative estimate of drug-likeness (QED) is 0.806. The van der Waals surface area contributed by atoms with E-state index in [1.165, 1.54) is 11.3 Å². The summed E-state index contributed by atoms with van der Waals surface area (Å²) in [6.07, 6.45) is 2.74. The van der Waals surface area contributed by atoms with Crippen molar-refractivity contribution in [1.29, 1.82) is 0 Å². The monoisotopic (exact) mass is 379 g/mol. The van der Waals surface area contributed by atoms with Crippen molar-refractivity contribution in [3.05, 3.63) is 35.7 Å². The second kappa shape index (κ2) is 6.49. The lowest BCUT2D eigenvalue weighted by atomic mass is 10.1. The van der Waals surface area contributed by atoms with E-state index in [0.717, 1.165) is 16.7 Å². The van der Waals surface area contributed by atoms with E-state index in [2.05, 4.69) is 16.3 Å². The number of rotatable bonds is 5. The van der Waals surface area contributed by atoms with Gasteiger partial charge in [-0.25, -0.2) is 13.4 Å². The zero-order chi connectivity index (χ0) is 18.2. The molecule has 1 aromatic carbocycles. The van der Waals surface area contributed by atoms with E-state index in [4.69, 9.17) is 4.74 Å². The molecular formula is C16H17N3O4S2. The van der Waals surface area contributed by atoms with E-state index in [9.17, 15) is 13.2 Å². The van der Waals surface area contributed by atoms with Gasteiger partial charge in [0.25, 0.3) is 5.91 Å². The van der Waals surface area contributed by atoms with Crippen molar-refractivity contribution in [2.45, 2.75) is 6.92 Å². The third-order valence-electron chi connectivity index (χ3n) is 3.56. The van der Waals surface area contributed by atoms with E-state index in [1.54, 1.807) is 17.0 Å². The zero-order valence-corrected chi connectivity index (χ0v) is 15.4. The Balaban J connectivity index is 2.02. The summed E-state index contributed by atoms with van der Waals surface area (Å²) in [7, 11) is -3.39. The molecule has 2 heterocycles. The van der Waals surface area contributed by atoms with Gasteiger partial charge in [0.05, 0.1) is 17.6 Å². The third-order valence-corrected chi connectivity index (χ3v) is 5.14. The summed E-state index contributed by atoms with van der Waals surface area (Å²) >= 11 is 1.26. The molecule has 1 amide bonds. The van der Waals surface area contributed by atoms with Crippen molar-refractivity contribution < 1.29 is 17.9 Å². The van der Waals surface area contributed by atoms with Crippen LogP contribution >= 0.6 is 11.3 Å². The average molecular weight is 379 g/mol. The van der Waals surface area contributed by atoms with Gasteiger partial charge in [-0.1, -0.05) is 6.08 Å². The van der Waals surface area contributed by atoms with Gasteiger partial charge in [-0.15, -0.1) is 17.9 Å². The van der Waals surface area contributed by atoms with Crippen molar-refractivity contribution in [3.63, 3.8) is 0 Å².